The Bertz CT molecular complexity index is 1190. The van der Waals surface area contributed by atoms with Crippen LogP contribution in [0.5, 0.6) is 11.6 Å². The fourth-order valence-electron chi connectivity index (χ4n) is 4.80. The molecule has 10 heteroatoms. The largest absolute Gasteiger partial charge is 0.515 e. The Balaban J connectivity index is 0.00000342. The van der Waals surface area contributed by atoms with Crippen LogP contribution >= 0.6 is 35.6 Å². The minimum atomic E-state index is -1.04. The monoisotopic (exact) mass is 542 g/mol. The van der Waals surface area contributed by atoms with E-state index < -0.39 is 11.8 Å². The van der Waals surface area contributed by atoms with Crippen molar-refractivity contribution >= 4 is 52.7 Å². The van der Waals surface area contributed by atoms with Crippen molar-refractivity contribution < 1.29 is 24.5 Å². The fraction of sp³-hybridized carbons (Fsp3) is 0.400. The Morgan fingerprint density at radius 2 is 2.06 bits per heavy atom. The molecule has 0 amide bonds. The number of carbonyl (C=O) groups is 1. The molecule has 0 bridgehead atoms. The number of phenols is 1. The Hall–Kier alpha value is -2.16. The van der Waals surface area contributed by atoms with Crippen LogP contribution in [0.2, 0.25) is 10.0 Å². The molecule has 4 N–H and O–H groups in total. The molecule has 2 atom stereocenters. The summed E-state index contributed by atoms with van der Waals surface area (Å²) in [7, 11) is 0. The molecule has 0 aliphatic heterocycles. The number of aromatic nitrogens is 1. The van der Waals surface area contributed by atoms with Crippen LogP contribution in [0.15, 0.2) is 36.4 Å². The van der Waals surface area contributed by atoms with E-state index in [0.29, 0.717) is 46.0 Å². The first-order valence-corrected chi connectivity index (χ1v) is 12.1. The first-order valence-electron chi connectivity index (χ1n) is 11.4. The van der Waals surface area contributed by atoms with Crippen LogP contribution in [0.3, 0.4) is 0 Å². The first-order chi connectivity index (χ1) is 16.3. The van der Waals surface area contributed by atoms with E-state index in [9.17, 15) is 15.0 Å². The van der Waals surface area contributed by atoms with E-state index in [-0.39, 0.29) is 36.6 Å². The number of aliphatic hydroxyl groups is 1. The third kappa shape index (κ3) is 5.98. The van der Waals surface area contributed by atoms with Gasteiger partial charge in [-0.15, -0.1) is 12.4 Å². The molecule has 35 heavy (non-hydrogen) atoms. The average Bonchev–Trinajstić information content (AvgIpc) is 3.12. The van der Waals surface area contributed by atoms with Gasteiger partial charge in [0.25, 0.3) is 0 Å². The fourth-order valence-corrected chi connectivity index (χ4v) is 5.41. The number of rotatable bonds is 7. The van der Waals surface area contributed by atoms with Crippen molar-refractivity contribution in [3.63, 3.8) is 0 Å². The van der Waals surface area contributed by atoms with Crippen LogP contribution in [0, 0.1) is 5.92 Å². The maximum absolute atomic E-state index is 12.0. The van der Waals surface area contributed by atoms with Crippen molar-refractivity contribution in [3.05, 3.63) is 57.6 Å². The third-order valence-corrected chi connectivity index (χ3v) is 6.92. The SMILES string of the molecule is CCOC(=O)Oc1[nH]c2cc(Cl)cc(Cl)c2c1CNCC1CCCCC1(O)c1cccc(O)c1.Cl. The summed E-state index contributed by atoms with van der Waals surface area (Å²) in [5.41, 5.74) is 0.985. The Morgan fingerprint density at radius 3 is 2.80 bits per heavy atom. The lowest BCUT2D eigenvalue weighted by molar-refractivity contribution is -0.0538. The number of carbonyl (C=O) groups excluding carboxylic acids is 1. The maximum Gasteiger partial charge on any atom is 0.515 e. The molecule has 7 nitrogen and oxygen atoms in total. The highest BCUT2D eigenvalue weighted by molar-refractivity contribution is 6.38. The summed E-state index contributed by atoms with van der Waals surface area (Å²) in [5, 5.41) is 26.5. The number of benzene rings is 2. The molecule has 0 radical (unpaired) electrons. The van der Waals surface area contributed by atoms with E-state index >= 15 is 0 Å². The Morgan fingerprint density at radius 1 is 1.26 bits per heavy atom. The second kappa shape index (κ2) is 11.7. The van der Waals surface area contributed by atoms with Crippen LogP contribution in [0.25, 0.3) is 10.9 Å². The van der Waals surface area contributed by atoms with Gasteiger partial charge < -0.3 is 30.0 Å². The number of fused-ring (bicyclic) bond motifs is 1. The molecule has 190 valence electrons. The number of hydrogen-bond donors (Lipinski definition) is 4. The van der Waals surface area contributed by atoms with Crippen LogP contribution < -0.4 is 10.1 Å². The summed E-state index contributed by atoms with van der Waals surface area (Å²) >= 11 is 12.6. The topological polar surface area (TPSA) is 104 Å². The second-order valence-corrected chi connectivity index (χ2v) is 9.42. The number of ether oxygens (including phenoxy) is 2. The number of hydrogen-bond acceptors (Lipinski definition) is 6. The number of nitrogens with one attached hydrogen (secondary N) is 2. The van der Waals surface area contributed by atoms with Crippen molar-refractivity contribution in [1.82, 2.24) is 10.3 Å². The number of halogens is 3. The smallest absolute Gasteiger partial charge is 0.508 e. The standard InChI is InChI=1S/C25H28Cl2N2O5.ClH/c1-2-33-24(31)34-23-19(22-20(27)11-17(26)12-21(22)29-23)14-28-13-16-6-3-4-9-25(16,32)15-7-5-8-18(30)10-15;/h5,7-8,10-12,16,28-30,32H,2-4,6,9,13-14H2,1H3;1H. The summed E-state index contributed by atoms with van der Waals surface area (Å²) in [6.45, 7) is 2.74. The molecule has 3 aromatic rings. The zero-order chi connectivity index (χ0) is 24.3. The van der Waals surface area contributed by atoms with E-state index in [2.05, 4.69) is 10.3 Å². The zero-order valence-electron chi connectivity index (χ0n) is 19.3. The van der Waals surface area contributed by atoms with Gasteiger partial charge in [-0.2, -0.15) is 0 Å². The lowest BCUT2D eigenvalue weighted by Gasteiger charge is -2.40. The third-order valence-electron chi connectivity index (χ3n) is 6.40. The van der Waals surface area contributed by atoms with Crippen molar-refractivity contribution in [1.29, 1.82) is 0 Å². The van der Waals surface area contributed by atoms with Crippen molar-refractivity contribution in [3.8, 4) is 11.6 Å². The van der Waals surface area contributed by atoms with E-state index in [4.69, 9.17) is 32.7 Å². The average molecular weight is 544 g/mol. The first kappa shape index (κ1) is 27.4. The number of phenolic OH excluding ortho intramolecular Hbond substituents is 1. The number of aromatic amines is 1. The molecular formula is C25H29Cl3N2O5. The lowest BCUT2D eigenvalue weighted by atomic mass is 9.71. The summed E-state index contributed by atoms with van der Waals surface area (Å²) in [4.78, 5) is 15.0. The molecule has 1 aliphatic carbocycles. The Kier molecular flexibility index (Phi) is 9.18. The van der Waals surface area contributed by atoms with Gasteiger partial charge >= 0.3 is 6.16 Å². The number of H-pyrrole nitrogens is 1. The van der Waals surface area contributed by atoms with E-state index in [1.54, 1.807) is 37.3 Å². The molecule has 0 saturated heterocycles. The molecule has 2 unspecified atom stereocenters. The van der Waals surface area contributed by atoms with Gasteiger partial charge in [0.05, 0.1) is 22.7 Å². The number of aromatic hydroxyl groups is 1. The highest BCUT2D eigenvalue weighted by Crippen LogP contribution is 2.42. The predicted molar refractivity (Wildman–Crippen MR) is 139 cm³/mol. The highest BCUT2D eigenvalue weighted by atomic mass is 35.5. The summed E-state index contributed by atoms with van der Waals surface area (Å²) in [6.07, 6.45) is 2.58. The molecule has 1 saturated carbocycles. The Labute approximate surface area is 220 Å². The summed E-state index contributed by atoms with van der Waals surface area (Å²) in [5.74, 6) is 0.306. The van der Waals surface area contributed by atoms with Gasteiger partial charge in [-0.3, -0.25) is 0 Å². The summed E-state index contributed by atoms with van der Waals surface area (Å²) in [6, 6.07) is 10.2. The molecule has 1 heterocycles. The lowest BCUT2D eigenvalue weighted by Crippen LogP contribution is -2.43. The molecular weight excluding hydrogens is 515 g/mol. The van der Waals surface area contributed by atoms with Crippen molar-refractivity contribution in [2.45, 2.75) is 44.8 Å². The molecule has 1 aromatic heterocycles. The van der Waals surface area contributed by atoms with Crippen LogP contribution in [0.1, 0.15) is 43.7 Å². The zero-order valence-corrected chi connectivity index (χ0v) is 21.6. The van der Waals surface area contributed by atoms with Crippen LogP contribution in [0.4, 0.5) is 4.79 Å². The minimum absolute atomic E-state index is 0. The van der Waals surface area contributed by atoms with Crippen LogP contribution in [-0.2, 0) is 16.9 Å². The van der Waals surface area contributed by atoms with Crippen molar-refractivity contribution in [2.24, 2.45) is 5.92 Å². The van der Waals surface area contributed by atoms with Crippen LogP contribution in [-0.4, -0.2) is 34.5 Å². The molecule has 4 rings (SSSR count). The van der Waals surface area contributed by atoms with E-state index in [1.807, 2.05) is 6.07 Å². The van der Waals surface area contributed by atoms with Gasteiger partial charge in [0.1, 0.15) is 5.75 Å². The maximum atomic E-state index is 12.0. The van der Waals surface area contributed by atoms with Gasteiger partial charge in [0.2, 0.25) is 5.88 Å². The van der Waals surface area contributed by atoms with Gasteiger partial charge in [0.15, 0.2) is 0 Å². The second-order valence-electron chi connectivity index (χ2n) is 8.58. The molecule has 1 fully saturated rings. The van der Waals surface area contributed by atoms with E-state index in [1.165, 1.54) is 0 Å². The normalized spacial score (nSPS) is 19.8. The van der Waals surface area contributed by atoms with Gasteiger partial charge in [-0.1, -0.05) is 48.2 Å². The van der Waals surface area contributed by atoms with E-state index in [0.717, 1.165) is 24.8 Å². The molecule has 0 spiro atoms. The summed E-state index contributed by atoms with van der Waals surface area (Å²) < 4.78 is 10.3. The van der Waals surface area contributed by atoms with Gasteiger partial charge in [0, 0.05) is 35.0 Å². The van der Waals surface area contributed by atoms with Crippen molar-refractivity contribution in [2.75, 3.05) is 13.2 Å². The predicted octanol–water partition coefficient (Wildman–Crippen LogP) is 6.31. The minimum Gasteiger partial charge on any atom is -0.508 e. The van der Waals surface area contributed by atoms with Gasteiger partial charge in [-0.05, 0) is 49.6 Å². The highest BCUT2D eigenvalue weighted by Gasteiger charge is 2.40. The quantitative estimate of drug-likeness (QED) is 0.261. The molecule has 1 aliphatic rings. The van der Waals surface area contributed by atoms with Gasteiger partial charge in [-0.25, -0.2) is 4.79 Å². The molecule has 2 aromatic carbocycles.